The van der Waals surface area contributed by atoms with Crippen LogP contribution in [0.25, 0.3) is 0 Å². The van der Waals surface area contributed by atoms with Crippen molar-refractivity contribution in [3.05, 3.63) is 52.2 Å². The van der Waals surface area contributed by atoms with Crippen molar-refractivity contribution in [2.75, 3.05) is 5.32 Å². The molecule has 1 aromatic heterocycles. The van der Waals surface area contributed by atoms with Crippen molar-refractivity contribution in [2.24, 2.45) is 0 Å². The smallest absolute Gasteiger partial charge is 0.358 e. The van der Waals surface area contributed by atoms with E-state index in [1.54, 1.807) is 0 Å². The predicted octanol–water partition coefficient (Wildman–Crippen LogP) is 1.71. The maximum atomic E-state index is 13.3. The van der Waals surface area contributed by atoms with Gasteiger partial charge in [0.15, 0.2) is 0 Å². The van der Waals surface area contributed by atoms with E-state index >= 15 is 0 Å². The first-order valence-electron chi connectivity index (χ1n) is 5.38. The van der Waals surface area contributed by atoms with E-state index in [2.05, 4.69) is 10.4 Å². The van der Waals surface area contributed by atoms with Gasteiger partial charge in [-0.15, -0.1) is 0 Å². The van der Waals surface area contributed by atoms with Gasteiger partial charge in [-0.3, -0.25) is 4.79 Å². The first kappa shape index (κ1) is 13.6. The molecule has 0 aliphatic rings. The number of halogens is 2. The second-order valence-electron chi connectivity index (χ2n) is 3.80. The van der Waals surface area contributed by atoms with E-state index in [4.69, 9.17) is 0 Å². The highest BCUT2D eigenvalue weighted by atomic mass is 19.1. The maximum Gasteiger partial charge on any atom is 0.389 e. The molecule has 1 N–H and O–H groups in total. The molecule has 20 heavy (non-hydrogen) atoms. The summed E-state index contributed by atoms with van der Waals surface area (Å²) >= 11 is 0. The lowest BCUT2D eigenvalue weighted by Crippen LogP contribution is -2.19. The minimum absolute atomic E-state index is 0.182. The molecule has 1 heterocycles. The van der Waals surface area contributed by atoms with Gasteiger partial charge >= 0.3 is 5.82 Å². The van der Waals surface area contributed by atoms with Crippen LogP contribution in [-0.2, 0) is 11.3 Å². The Bertz CT molecular complexity index is 671. The van der Waals surface area contributed by atoms with Crippen molar-refractivity contribution >= 4 is 17.4 Å². The zero-order chi connectivity index (χ0) is 14.7. The number of nitro groups is 1. The Morgan fingerprint density at radius 2 is 2.15 bits per heavy atom. The van der Waals surface area contributed by atoms with Crippen LogP contribution in [-0.4, -0.2) is 20.6 Å². The molecule has 104 valence electrons. The lowest BCUT2D eigenvalue weighted by atomic mass is 10.3. The van der Waals surface area contributed by atoms with Gasteiger partial charge < -0.3 is 15.4 Å². The predicted molar refractivity (Wildman–Crippen MR) is 63.9 cm³/mol. The van der Waals surface area contributed by atoms with Crippen LogP contribution in [0.2, 0.25) is 0 Å². The second-order valence-corrected chi connectivity index (χ2v) is 3.80. The maximum absolute atomic E-state index is 13.3. The third-order valence-corrected chi connectivity index (χ3v) is 2.32. The molecular formula is C11H8F2N4O3. The number of rotatable bonds is 4. The van der Waals surface area contributed by atoms with Gasteiger partial charge in [-0.05, 0) is 17.1 Å². The number of anilines is 1. The van der Waals surface area contributed by atoms with Gasteiger partial charge in [-0.1, -0.05) is 0 Å². The SMILES string of the molecule is O=C(Cn1ccc([N+](=O)[O-])n1)Nc1ccc(F)cc1F. The molecule has 0 saturated heterocycles. The first-order chi connectivity index (χ1) is 9.45. The fourth-order valence-corrected chi connectivity index (χ4v) is 1.46. The summed E-state index contributed by atoms with van der Waals surface area (Å²) in [4.78, 5) is 21.3. The van der Waals surface area contributed by atoms with Gasteiger partial charge in [0.05, 0.1) is 23.0 Å². The van der Waals surface area contributed by atoms with Crippen molar-refractivity contribution in [3.63, 3.8) is 0 Å². The lowest BCUT2D eigenvalue weighted by Gasteiger charge is -2.05. The largest absolute Gasteiger partial charge is 0.389 e. The van der Waals surface area contributed by atoms with Crippen LogP contribution in [0.1, 0.15) is 0 Å². The Kier molecular flexibility index (Phi) is 3.69. The molecule has 0 saturated carbocycles. The standard InChI is InChI=1S/C11H8F2N4O3/c12-7-1-2-9(8(13)5-7)14-11(18)6-16-4-3-10(15-16)17(19)20/h1-5H,6H2,(H,14,18). The van der Waals surface area contributed by atoms with E-state index in [-0.39, 0.29) is 12.2 Å². The van der Waals surface area contributed by atoms with Crippen LogP contribution in [0.5, 0.6) is 0 Å². The fourth-order valence-electron chi connectivity index (χ4n) is 1.46. The van der Waals surface area contributed by atoms with E-state index in [9.17, 15) is 23.7 Å². The van der Waals surface area contributed by atoms with Crippen LogP contribution >= 0.6 is 0 Å². The van der Waals surface area contributed by atoms with Gasteiger partial charge in [0.1, 0.15) is 18.2 Å². The van der Waals surface area contributed by atoms with Gasteiger partial charge in [0.25, 0.3) is 0 Å². The Hall–Kier alpha value is -2.84. The highest BCUT2D eigenvalue weighted by molar-refractivity contribution is 5.90. The van der Waals surface area contributed by atoms with Crippen LogP contribution < -0.4 is 5.32 Å². The molecule has 0 aliphatic carbocycles. The summed E-state index contributed by atoms with van der Waals surface area (Å²) in [7, 11) is 0. The number of nitrogens with one attached hydrogen (secondary N) is 1. The summed E-state index contributed by atoms with van der Waals surface area (Å²) in [5, 5.41) is 16.2. The topological polar surface area (TPSA) is 90.1 Å². The summed E-state index contributed by atoms with van der Waals surface area (Å²) < 4.78 is 27.0. The zero-order valence-electron chi connectivity index (χ0n) is 9.92. The van der Waals surface area contributed by atoms with Crippen molar-refractivity contribution in [2.45, 2.75) is 6.54 Å². The van der Waals surface area contributed by atoms with Gasteiger partial charge in [-0.2, -0.15) is 4.68 Å². The minimum atomic E-state index is -0.912. The molecule has 0 aliphatic heterocycles. The summed E-state index contributed by atoms with van der Waals surface area (Å²) in [6.45, 7) is -0.329. The van der Waals surface area contributed by atoms with Gasteiger partial charge in [0, 0.05) is 6.07 Å². The minimum Gasteiger partial charge on any atom is -0.358 e. The van der Waals surface area contributed by atoms with Gasteiger partial charge in [-0.25, -0.2) is 8.78 Å². The molecule has 0 atom stereocenters. The fraction of sp³-hybridized carbons (Fsp3) is 0.0909. The summed E-state index contributed by atoms with van der Waals surface area (Å²) in [5.74, 6) is -2.72. The van der Waals surface area contributed by atoms with Crippen molar-refractivity contribution in [1.82, 2.24) is 9.78 Å². The molecule has 0 bridgehead atoms. The lowest BCUT2D eigenvalue weighted by molar-refractivity contribution is -0.389. The van der Waals surface area contributed by atoms with Crippen molar-refractivity contribution in [1.29, 1.82) is 0 Å². The number of hydrogen-bond acceptors (Lipinski definition) is 4. The molecule has 9 heteroatoms. The molecule has 2 rings (SSSR count). The zero-order valence-corrected chi connectivity index (χ0v) is 9.92. The molecule has 0 spiro atoms. The number of benzene rings is 1. The van der Waals surface area contributed by atoms with E-state index < -0.39 is 28.3 Å². The molecular weight excluding hydrogens is 274 g/mol. The van der Waals surface area contributed by atoms with E-state index in [1.807, 2.05) is 0 Å². The monoisotopic (exact) mass is 282 g/mol. The van der Waals surface area contributed by atoms with Crippen LogP contribution in [0.4, 0.5) is 20.3 Å². The molecule has 1 aromatic carbocycles. The first-order valence-corrected chi connectivity index (χ1v) is 5.38. The third-order valence-electron chi connectivity index (χ3n) is 2.32. The summed E-state index contributed by atoms with van der Waals surface area (Å²) in [6.07, 6.45) is 1.25. The number of carbonyl (C=O) groups excluding carboxylic acids is 1. The average Bonchev–Trinajstić information content (AvgIpc) is 2.81. The Balaban J connectivity index is 2.03. The van der Waals surface area contributed by atoms with Crippen LogP contribution in [0.3, 0.4) is 0 Å². The Morgan fingerprint density at radius 1 is 1.40 bits per heavy atom. The van der Waals surface area contributed by atoms with Gasteiger partial charge in [0.2, 0.25) is 5.91 Å². The van der Waals surface area contributed by atoms with E-state index in [0.29, 0.717) is 6.07 Å². The van der Waals surface area contributed by atoms with Crippen molar-refractivity contribution in [3.8, 4) is 0 Å². The second kappa shape index (κ2) is 5.43. The average molecular weight is 282 g/mol. The molecule has 0 unspecified atom stereocenters. The Labute approximate surface area is 111 Å². The summed E-state index contributed by atoms with van der Waals surface area (Å²) in [6, 6.07) is 3.84. The highest BCUT2D eigenvalue weighted by Gasteiger charge is 2.14. The summed E-state index contributed by atoms with van der Waals surface area (Å²) in [5.41, 5.74) is -0.182. The normalized spacial score (nSPS) is 10.3. The quantitative estimate of drug-likeness (QED) is 0.682. The number of amides is 1. The van der Waals surface area contributed by atoms with E-state index in [1.165, 1.54) is 6.20 Å². The van der Waals surface area contributed by atoms with E-state index in [0.717, 1.165) is 22.9 Å². The molecule has 7 nitrogen and oxygen atoms in total. The Morgan fingerprint density at radius 3 is 2.75 bits per heavy atom. The number of nitrogens with zero attached hydrogens (tertiary/aromatic N) is 3. The third kappa shape index (κ3) is 3.13. The number of hydrogen-bond donors (Lipinski definition) is 1. The van der Waals surface area contributed by atoms with Crippen LogP contribution in [0, 0.1) is 21.7 Å². The highest BCUT2D eigenvalue weighted by Crippen LogP contribution is 2.15. The van der Waals surface area contributed by atoms with Crippen molar-refractivity contribution < 1.29 is 18.5 Å². The molecule has 0 radical (unpaired) electrons. The molecule has 0 fully saturated rings. The molecule has 2 aromatic rings. The van der Waals surface area contributed by atoms with Crippen LogP contribution in [0.15, 0.2) is 30.5 Å². The number of aromatic nitrogens is 2. The number of carbonyl (C=O) groups is 1. The molecule has 1 amide bonds.